The molecule has 0 radical (unpaired) electrons. The molecule has 1 aromatic rings. The Bertz CT molecular complexity index is 586. The van der Waals surface area contributed by atoms with E-state index >= 15 is 0 Å². The van der Waals surface area contributed by atoms with E-state index in [1.807, 2.05) is 20.8 Å². The van der Waals surface area contributed by atoms with Crippen LogP contribution in [0.3, 0.4) is 0 Å². The van der Waals surface area contributed by atoms with Gasteiger partial charge in [0, 0.05) is 24.3 Å². The molecule has 0 bridgehead atoms. The zero-order valence-electron chi connectivity index (χ0n) is 12.8. The molecular formula is C15H21N3O2S. The summed E-state index contributed by atoms with van der Waals surface area (Å²) in [5, 5.41) is 5.88. The van der Waals surface area contributed by atoms with Gasteiger partial charge in [-0.25, -0.2) is 4.79 Å². The molecule has 0 spiro atoms. The molecule has 0 unspecified atom stereocenters. The minimum Gasteiger partial charge on any atom is -0.444 e. The molecule has 21 heavy (non-hydrogen) atoms. The number of nitrogens with zero attached hydrogens (tertiary/aromatic N) is 3. The highest BCUT2D eigenvalue weighted by atomic mass is 32.2. The first-order valence-corrected chi connectivity index (χ1v) is 8.27. The topological polar surface area (TPSA) is 47.4 Å². The minimum absolute atomic E-state index is 0.232. The van der Waals surface area contributed by atoms with Crippen molar-refractivity contribution in [3.8, 4) is 0 Å². The van der Waals surface area contributed by atoms with Gasteiger partial charge >= 0.3 is 6.09 Å². The zero-order chi connectivity index (χ0) is 15.0. The number of amides is 1. The maximum absolute atomic E-state index is 12.2. The SMILES string of the molecule is CC(C)(C)OC(=O)N1CCc2nn3c(c2C1)SCC=CC3. The van der Waals surface area contributed by atoms with Gasteiger partial charge in [-0.2, -0.15) is 5.10 Å². The predicted molar refractivity (Wildman–Crippen MR) is 82.4 cm³/mol. The van der Waals surface area contributed by atoms with Crippen LogP contribution in [0.2, 0.25) is 0 Å². The van der Waals surface area contributed by atoms with Gasteiger partial charge < -0.3 is 9.64 Å². The summed E-state index contributed by atoms with van der Waals surface area (Å²) in [4.78, 5) is 14.0. The van der Waals surface area contributed by atoms with Crippen LogP contribution in [0.25, 0.3) is 0 Å². The fourth-order valence-electron chi connectivity index (χ4n) is 2.54. The van der Waals surface area contributed by atoms with Gasteiger partial charge in [0.2, 0.25) is 0 Å². The summed E-state index contributed by atoms with van der Waals surface area (Å²) in [6, 6.07) is 0. The molecule has 114 valence electrons. The van der Waals surface area contributed by atoms with Crippen molar-refractivity contribution in [1.29, 1.82) is 0 Å². The zero-order valence-corrected chi connectivity index (χ0v) is 13.6. The van der Waals surface area contributed by atoms with Crippen molar-refractivity contribution in [1.82, 2.24) is 14.7 Å². The summed E-state index contributed by atoms with van der Waals surface area (Å²) in [5.41, 5.74) is 1.87. The lowest BCUT2D eigenvalue weighted by molar-refractivity contribution is 0.0222. The molecule has 2 aliphatic rings. The highest BCUT2D eigenvalue weighted by Crippen LogP contribution is 2.31. The molecule has 3 rings (SSSR count). The normalized spacial score (nSPS) is 18.0. The van der Waals surface area contributed by atoms with Gasteiger partial charge in [0.05, 0.1) is 23.8 Å². The smallest absolute Gasteiger partial charge is 0.410 e. The van der Waals surface area contributed by atoms with Gasteiger partial charge in [-0.15, -0.1) is 11.8 Å². The van der Waals surface area contributed by atoms with Crippen LogP contribution in [0.4, 0.5) is 4.79 Å². The number of rotatable bonds is 0. The lowest BCUT2D eigenvalue weighted by Crippen LogP contribution is -2.39. The van der Waals surface area contributed by atoms with E-state index in [9.17, 15) is 4.79 Å². The van der Waals surface area contributed by atoms with E-state index in [2.05, 4.69) is 21.9 Å². The molecule has 1 aromatic heterocycles. The predicted octanol–water partition coefficient (Wildman–Crippen LogP) is 2.84. The molecule has 0 saturated carbocycles. The number of fused-ring (bicyclic) bond motifs is 3. The van der Waals surface area contributed by atoms with Crippen LogP contribution in [-0.2, 0) is 24.2 Å². The third-order valence-electron chi connectivity index (χ3n) is 3.46. The van der Waals surface area contributed by atoms with Gasteiger partial charge in [0.1, 0.15) is 5.60 Å². The maximum Gasteiger partial charge on any atom is 0.410 e. The number of thioether (sulfide) groups is 1. The lowest BCUT2D eigenvalue weighted by atomic mass is 10.1. The summed E-state index contributed by atoms with van der Waals surface area (Å²) < 4.78 is 7.53. The van der Waals surface area contributed by atoms with Crippen molar-refractivity contribution in [2.24, 2.45) is 0 Å². The molecule has 2 aliphatic heterocycles. The van der Waals surface area contributed by atoms with Crippen molar-refractivity contribution in [2.45, 2.75) is 50.9 Å². The molecule has 3 heterocycles. The first kappa shape index (κ1) is 14.5. The first-order chi connectivity index (χ1) is 9.94. The monoisotopic (exact) mass is 307 g/mol. The van der Waals surface area contributed by atoms with E-state index in [1.165, 1.54) is 10.6 Å². The van der Waals surface area contributed by atoms with Gasteiger partial charge in [0.25, 0.3) is 0 Å². The van der Waals surface area contributed by atoms with E-state index in [1.54, 1.807) is 16.7 Å². The Morgan fingerprint density at radius 2 is 2.19 bits per heavy atom. The van der Waals surface area contributed by atoms with Gasteiger partial charge in [-0.3, -0.25) is 4.68 Å². The van der Waals surface area contributed by atoms with Crippen molar-refractivity contribution < 1.29 is 9.53 Å². The number of hydrogen-bond donors (Lipinski definition) is 0. The minimum atomic E-state index is -0.452. The summed E-state index contributed by atoms with van der Waals surface area (Å²) in [6.07, 6.45) is 4.89. The number of hydrogen-bond acceptors (Lipinski definition) is 4. The van der Waals surface area contributed by atoms with E-state index in [4.69, 9.17) is 4.74 Å². The summed E-state index contributed by atoms with van der Waals surface area (Å²) in [7, 11) is 0. The average Bonchev–Trinajstić information content (AvgIpc) is 2.58. The van der Waals surface area contributed by atoms with E-state index < -0.39 is 5.60 Å². The van der Waals surface area contributed by atoms with Gasteiger partial charge in [-0.1, -0.05) is 12.2 Å². The Balaban J connectivity index is 1.79. The molecule has 5 nitrogen and oxygen atoms in total. The van der Waals surface area contributed by atoms with Crippen LogP contribution in [0.5, 0.6) is 0 Å². The molecule has 0 N–H and O–H groups in total. The molecule has 0 aliphatic carbocycles. The first-order valence-electron chi connectivity index (χ1n) is 7.28. The largest absolute Gasteiger partial charge is 0.444 e. The highest BCUT2D eigenvalue weighted by Gasteiger charge is 2.30. The van der Waals surface area contributed by atoms with E-state index in [0.29, 0.717) is 13.1 Å². The molecule has 0 fully saturated rings. The Morgan fingerprint density at radius 1 is 1.38 bits per heavy atom. The Morgan fingerprint density at radius 3 is 2.95 bits per heavy atom. The molecule has 0 aromatic carbocycles. The van der Waals surface area contributed by atoms with Crippen LogP contribution in [-0.4, -0.2) is 38.7 Å². The quantitative estimate of drug-likeness (QED) is 0.692. The van der Waals surface area contributed by atoms with Crippen LogP contribution in [0.15, 0.2) is 17.2 Å². The molecule has 6 heteroatoms. The van der Waals surface area contributed by atoms with Crippen molar-refractivity contribution in [3.63, 3.8) is 0 Å². The Labute approximate surface area is 129 Å². The number of allylic oxidation sites excluding steroid dienone is 1. The van der Waals surface area contributed by atoms with Crippen molar-refractivity contribution in [3.05, 3.63) is 23.4 Å². The van der Waals surface area contributed by atoms with Crippen LogP contribution in [0.1, 0.15) is 32.0 Å². The molecule has 0 atom stereocenters. The van der Waals surface area contributed by atoms with Crippen LogP contribution >= 0.6 is 11.8 Å². The third kappa shape index (κ3) is 3.10. The number of ether oxygens (including phenoxy) is 1. The summed E-state index contributed by atoms with van der Waals surface area (Å²) >= 11 is 1.79. The standard InChI is InChI=1S/C15H21N3O2S/c1-15(2,3)20-14(19)17-8-6-12-11(10-17)13-18(16-12)7-4-5-9-21-13/h4-5H,6-10H2,1-3H3. The van der Waals surface area contributed by atoms with Crippen molar-refractivity contribution in [2.75, 3.05) is 12.3 Å². The van der Waals surface area contributed by atoms with Crippen LogP contribution in [0, 0.1) is 0 Å². The fraction of sp³-hybridized carbons (Fsp3) is 0.600. The van der Waals surface area contributed by atoms with E-state index in [-0.39, 0.29) is 6.09 Å². The highest BCUT2D eigenvalue weighted by molar-refractivity contribution is 7.99. The summed E-state index contributed by atoms with van der Waals surface area (Å²) in [6.45, 7) is 7.79. The summed E-state index contributed by atoms with van der Waals surface area (Å²) in [5.74, 6) is 0.963. The molecular weight excluding hydrogens is 286 g/mol. The van der Waals surface area contributed by atoms with Gasteiger partial charge in [-0.05, 0) is 20.8 Å². The third-order valence-corrected chi connectivity index (χ3v) is 4.55. The second-order valence-electron chi connectivity index (χ2n) is 6.35. The second-order valence-corrected chi connectivity index (χ2v) is 7.36. The number of aromatic nitrogens is 2. The van der Waals surface area contributed by atoms with Crippen LogP contribution < -0.4 is 0 Å². The van der Waals surface area contributed by atoms with Gasteiger partial charge in [0.15, 0.2) is 0 Å². The maximum atomic E-state index is 12.2. The molecule has 1 amide bonds. The van der Waals surface area contributed by atoms with Crippen molar-refractivity contribution >= 4 is 17.9 Å². The van der Waals surface area contributed by atoms with E-state index in [0.717, 1.165) is 24.4 Å². The average molecular weight is 307 g/mol. The Hall–Kier alpha value is -1.43. The second kappa shape index (κ2) is 5.40. The number of carbonyl (C=O) groups is 1. The Kier molecular flexibility index (Phi) is 3.73. The fourth-order valence-corrected chi connectivity index (χ4v) is 3.55. The lowest BCUT2D eigenvalue weighted by Gasteiger charge is -2.29. The molecule has 0 saturated heterocycles. The number of carbonyl (C=O) groups excluding carboxylic acids is 1.